The number of hydrogen-bond donors (Lipinski definition) is 2. The van der Waals surface area contributed by atoms with Gasteiger partial charge in [0.15, 0.2) is 0 Å². The zero-order valence-corrected chi connectivity index (χ0v) is 13.2. The van der Waals surface area contributed by atoms with Crippen LogP contribution in [-0.2, 0) is 4.79 Å². The second-order valence-corrected chi connectivity index (χ2v) is 5.02. The molecule has 120 valence electrons. The summed E-state index contributed by atoms with van der Waals surface area (Å²) in [6.07, 6.45) is 5.11. The summed E-state index contributed by atoms with van der Waals surface area (Å²) >= 11 is 0. The molecule has 0 saturated heterocycles. The molecule has 0 heterocycles. The van der Waals surface area contributed by atoms with Gasteiger partial charge in [0, 0.05) is 5.69 Å². The number of rotatable bonds is 6. The van der Waals surface area contributed by atoms with Gasteiger partial charge in [-0.15, -0.1) is 6.42 Å². The number of hydrogen-bond acceptors (Lipinski definition) is 4. The van der Waals surface area contributed by atoms with Crippen molar-refractivity contribution in [2.45, 2.75) is 13.0 Å². The predicted octanol–water partition coefficient (Wildman–Crippen LogP) is 2.90. The van der Waals surface area contributed by atoms with Crippen LogP contribution >= 0.6 is 0 Å². The SMILES string of the molecule is C#CCNC(=O)[C@H](C)Nc1ccc(Oc2ccccc2C#N)cc1. The Morgan fingerprint density at radius 3 is 2.62 bits per heavy atom. The molecule has 0 unspecified atom stereocenters. The van der Waals surface area contributed by atoms with Crippen molar-refractivity contribution in [3.63, 3.8) is 0 Å². The van der Waals surface area contributed by atoms with Gasteiger partial charge in [-0.25, -0.2) is 0 Å². The molecule has 0 spiro atoms. The standard InChI is InChI=1S/C19H17N3O2/c1-3-12-21-19(23)14(2)22-16-8-10-17(11-9-16)24-18-7-5-4-6-15(18)13-20/h1,4-11,14,22H,12H2,2H3,(H,21,23)/t14-/m0/s1. The third-order valence-corrected chi connectivity index (χ3v) is 3.23. The lowest BCUT2D eigenvalue weighted by molar-refractivity contribution is -0.121. The minimum absolute atomic E-state index is 0.170. The number of ether oxygens (including phenoxy) is 1. The predicted molar refractivity (Wildman–Crippen MR) is 92.6 cm³/mol. The number of nitrogens with zero attached hydrogens (tertiary/aromatic N) is 1. The number of terminal acetylenes is 1. The molecule has 1 amide bonds. The zero-order valence-electron chi connectivity index (χ0n) is 13.2. The van der Waals surface area contributed by atoms with Crippen LogP contribution in [-0.4, -0.2) is 18.5 Å². The Kier molecular flexibility index (Phi) is 5.82. The highest BCUT2D eigenvalue weighted by atomic mass is 16.5. The smallest absolute Gasteiger partial charge is 0.242 e. The maximum absolute atomic E-state index is 11.8. The van der Waals surface area contributed by atoms with Crippen molar-refractivity contribution in [3.05, 3.63) is 54.1 Å². The van der Waals surface area contributed by atoms with E-state index in [0.717, 1.165) is 5.69 Å². The third-order valence-electron chi connectivity index (χ3n) is 3.23. The summed E-state index contributed by atoms with van der Waals surface area (Å²) in [6.45, 7) is 1.95. The van der Waals surface area contributed by atoms with Crippen LogP contribution in [0, 0.1) is 23.7 Å². The maximum atomic E-state index is 11.8. The fraction of sp³-hybridized carbons (Fsp3) is 0.158. The molecule has 2 rings (SSSR count). The number of carbonyl (C=O) groups excluding carboxylic acids is 1. The highest BCUT2D eigenvalue weighted by Gasteiger charge is 2.11. The number of carbonyl (C=O) groups is 1. The van der Waals surface area contributed by atoms with Crippen LogP contribution < -0.4 is 15.4 Å². The van der Waals surface area contributed by atoms with E-state index < -0.39 is 6.04 Å². The summed E-state index contributed by atoms with van der Waals surface area (Å²) < 4.78 is 5.71. The molecular formula is C19H17N3O2. The molecule has 0 saturated carbocycles. The van der Waals surface area contributed by atoms with E-state index >= 15 is 0 Å². The molecule has 2 aromatic carbocycles. The summed E-state index contributed by atoms with van der Waals surface area (Å²) in [4.78, 5) is 11.8. The zero-order chi connectivity index (χ0) is 17.4. The van der Waals surface area contributed by atoms with E-state index in [1.165, 1.54) is 0 Å². The average molecular weight is 319 g/mol. The van der Waals surface area contributed by atoms with Crippen molar-refractivity contribution in [2.75, 3.05) is 11.9 Å². The van der Waals surface area contributed by atoms with E-state index in [1.807, 2.05) is 6.07 Å². The Bertz CT molecular complexity index is 785. The summed E-state index contributed by atoms with van der Waals surface area (Å²) in [5, 5.41) is 14.8. The number of benzene rings is 2. The molecule has 0 radical (unpaired) electrons. The van der Waals surface area contributed by atoms with Gasteiger partial charge in [-0.3, -0.25) is 4.79 Å². The Morgan fingerprint density at radius 2 is 1.96 bits per heavy atom. The van der Waals surface area contributed by atoms with Crippen LogP contribution in [0.1, 0.15) is 12.5 Å². The number of para-hydroxylation sites is 1. The van der Waals surface area contributed by atoms with Crippen LogP contribution in [0.5, 0.6) is 11.5 Å². The van der Waals surface area contributed by atoms with E-state index in [4.69, 9.17) is 16.4 Å². The van der Waals surface area contributed by atoms with Crippen LogP contribution in [0.4, 0.5) is 5.69 Å². The molecule has 0 fully saturated rings. The summed E-state index contributed by atoms with van der Waals surface area (Å²) in [7, 11) is 0. The van der Waals surface area contributed by atoms with Crippen molar-refractivity contribution in [2.24, 2.45) is 0 Å². The van der Waals surface area contributed by atoms with Crippen molar-refractivity contribution in [1.82, 2.24) is 5.32 Å². The molecule has 0 aliphatic heterocycles. The number of nitrogens with one attached hydrogen (secondary N) is 2. The Hall–Kier alpha value is -3.44. The molecule has 2 N–H and O–H groups in total. The summed E-state index contributed by atoms with van der Waals surface area (Å²) in [6, 6.07) is 15.8. The third kappa shape index (κ3) is 4.53. The Morgan fingerprint density at radius 1 is 1.25 bits per heavy atom. The molecular weight excluding hydrogens is 302 g/mol. The van der Waals surface area contributed by atoms with Gasteiger partial charge in [0.1, 0.15) is 23.6 Å². The second-order valence-electron chi connectivity index (χ2n) is 5.02. The molecule has 0 aliphatic rings. The average Bonchev–Trinajstić information content (AvgIpc) is 2.61. The fourth-order valence-corrected chi connectivity index (χ4v) is 2.00. The van der Waals surface area contributed by atoms with E-state index in [9.17, 15) is 4.79 Å². The van der Waals surface area contributed by atoms with Gasteiger partial charge >= 0.3 is 0 Å². The highest BCUT2D eigenvalue weighted by Crippen LogP contribution is 2.25. The van der Waals surface area contributed by atoms with Gasteiger partial charge < -0.3 is 15.4 Å². The van der Waals surface area contributed by atoms with Gasteiger partial charge in [0.25, 0.3) is 0 Å². The highest BCUT2D eigenvalue weighted by molar-refractivity contribution is 5.84. The monoisotopic (exact) mass is 319 g/mol. The van der Waals surface area contributed by atoms with Crippen molar-refractivity contribution < 1.29 is 9.53 Å². The molecule has 0 aliphatic carbocycles. The quantitative estimate of drug-likeness (QED) is 0.803. The maximum Gasteiger partial charge on any atom is 0.242 e. The molecule has 24 heavy (non-hydrogen) atoms. The lowest BCUT2D eigenvalue weighted by Gasteiger charge is -2.15. The van der Waals surface area contributed by atoms with E-state index in [0.29, 0.717) is 17.1 Å². The molecule has 1 atom stereocenters. The lowest BCUT2D eigenvalue weighted by atomic mass is 10.2. The van der Waals surface area contributed by atoms with Crippen molar-refractivity contribution in [3.8, 4) is 29.9 Å². The van der Waals surface area contributed by atoms with Crippen LogP contribution in [0.15, 0.2) is 48.5 Å². The molecule has 0 bridgehead atoms. The van der Waals surface area contributed by atoms with Crippen molar-refractivity contribution in [1.29, 1.82) is 5.26 Å². The molecule has 0 aromatic heterocycles. The van der Waals surface area contributed by atoms with Gasteiger partial charge in [-0.2, -0.15) is 5.26 Å². The summed E-state index contributed by atoms with van der Waals surface area (Å²) in [5.74, 6) is 3.29. The number of amides is 1. The van der Waals surface area contributed by atoms with E-state index in [-0.39, 0.29) is 12.5 Å². The minimum atomic E-state index is -0.413. The first-order chi connectivity index (χ1) is 11.6. The van der Waals surface area contributed by atoms with Crippen LogP contribution in [0.25, 0.3) is 0 Å². The Balaban J connectivity index is 1.99. The fourth-order valence-electron chi connectivity index (χ4n) is 2.00. The van der Waals surface area contributed by atoms with Gasteiger partial charge in [-0.05, 0) is 43.3 Å². The first kappa shape index (κ1) is 16.9. The van der Waals surface area contributed by atoms with Crippen LogP contribution in [0.3, 0.4) is 0 Å². The van der Waals surface area contributed by atoms with Crippen molar-refractivity contribution >= 4 is 11.6 Å². The van der Waals surface area contributed by atoms with Gasteiger partial charge in [-0.1, -0.05) is 18.1 Å². The van der Waals surface area contributed by atoms with Gasteiger partial charge in [0.2, 0.25) is 5.91 Å². The largest absolute Gasteiger partial charge is 0.456 e. The Labute approximate surface area is 141 Å². The topological polar surface area (TPSA) is 74.2 Å². The van der Waals surface area contributed by atoms with Gasteiger partial charge in [0.05, 0.1) is 12.1 Å². The molecule has 5 heteroatoms. The minimum Gasteiger partial charge on any atom is -0.456 e. The number of nitriles is 1. The molecule has 5 nitrogen and oxygen atoms in total. The lowest BCUT2D eigenvalue weighted by Crippen LogP contribution is -2.37. The first-order valence-corrected chi connectivity index (χ1v) is 7.39. The number of anilines is 1. The first-order valence-electron chi connectivity index (χ1n) is 7.39. The van der Waals surface area contributed by atoms with E-state index in [2.05, 4.69) is 22.6 Å². The summed E-state index contributed by atoms with van der Waals surface area (Å²) in [5.41, 5.74) is 1.25. The second kappa shape index (κ2) is 8.26. The normalized spacial score (nSPS) is 10.8. The van der Waals surface area contributed by atoms with Crippen LogP contribution in [0.2, 0.25) is 0 Å². The van der Waals surface area contributed by atoms with E-state index in [1.54, 1.807) is 49.4 Å². The molecule has 2 aromatic rings.